The Hall–Kier alpha value is -1.57. The summed E-state index contributed by atoms with van der Waals surface area (Å²) < 4.78 is 1.98. The van der Waals surface area contributed by atoms with Crippen molar-refractivity contribution in [1.29, 1.82) is 0 Å². The monoisotopic (exact) mass is 159 g/mol. The third-order valence-corrected chi connectivity index (χ3v) is 1.94. The lowest BCUT2D eigenvalue weighted by atomic mass is 10.2. The maximum atomic E-state index is 11.0. The van der Waals surface area contributed by atoms with E-state index in [1.807, 2.05) is 41.1 Å². The molecule has 0 amide bonds. The van der Waals surface area contributed by atoms with Crippen molar-refractivity contribution in [3.8, 4) is 0 Å². The highest BCUT2D eigenvalue weighted by molar-refractivity contribution is 5.95. The molecule has 2 heteroatoms. The van der Waals surface area contributed by atoms with E-state index in [0.717, 1.165) is 11.1 Å². The van der Waals surface area contributed by atoms with Crippen LogP contribution in [0, 0.1) is 0 Å². The summed E-state index contributed by atoms with van der Waals surface area (Å²) in [6.45, 7) is 1.58. The molecule has 0 saturated carbocycles. The summed E-state index contributed by atoms with van der Waals surface area (Å²) in [5.41, 5.74) is 1.82. The van der Waals surface area contributed by atoms with Crippen LogP contribution in [0.5, 0.6) is 0 Å². The molecule has 0 unspecified atom stereocenters. The molecule has 0 radical (unpaired) electrons. The van der Waals surface area contributed by atoms with Crippen LogP contribution in [-0.4, -0.2) is 10.2 Å². The van der Waals surface area contributed by atoms with E-state index in [2.05, 4.69) is 0 Å². The van der Waals surface area contributed by atoms with Crippen molar-refractivity contribution in [2.24, 2.45) is 0 Å². The summed E-state index contributed by atoms with van der Waals surface area (Å²) in [5, 5.41) is 0. The second-order valence-corrected chi connectivity index (χ2v) is 2.81. The maximum Gasteiger partial charge on any atom is 0.159 e. The van der Waals surface area contributed by atoms with Crippen LogP contribution in [0.25, 0.3) is 5.52 Å². The highest BCUT2D eigenvalue weighted by Crippen LogP contribution is 2.08. The zero-order valence-electron chi connectivity index (χ0n) is 6.82. The average molecular weight is 159 g/mol. The summed E-state index contributed by atoms with van der Waals surface area (Å²) in [6.07, 6.45) is 3.85. The Bertz CT molecular complexity index is 428. The van der Waals surface area contributed by atoms with Crippen molar-refractivity contribution in [2.45, 2.75) is 6.92 Å². The number of hydrogen-bond donors (Lipinski definition) is 0. The first-order chi connectivity index (χ1) is 5.77. The highest BCUT2D eigenvalue weighted by atomic mass is 16.1. The van der Waals surface area contributed by atoms with Gasteiger partial charge >= 0.3 is 0 Å². The van der Waals surface area contributed by atoms with Crippen LogP contribution in [0.15, 0.2) is 36.7 Å². The quantitative estimate of drug-likeness (QED) is 0.584. The lowest BCUT2D eigenvalue weighted by Crippen LogP contribution is -1.92. The molecule has 0 aliphatic rings. The summed E-state index contributed by atoms with van der Waals surface area (Å²) in [6, 6.07) is 7.66. The van der Waals surface area contributed by atoms with Gasteiger partial charge in [-0.25, -0.2) is 0 Å². The van der Waals surface area contributed by atoms with Crippen LogP contribution in [0.1, 0.15) is 17.3 Å². The summed E-state index contributed by atoms with van der Waals surface area (Å²) in [4.78, 5) is 11.0. The van der Waals surface area contributed by atoms with Crippen LogP contribution in [-0.2, 0) is 0 Å². The van der Waals surface area contributed by atoms with Gasteiger partial charge in [0.05, 0.1) is 0 Å². The predicted octanol–water partition coefficient (Wildman–Crippen LogP) is 2.14. The molecule has 12 heavy (non-hydrogen) atoms. The lowest BCUT2D eigenvalue weighted by Gasteiger charge is -1.97. The van der Waals surface area contributed by atoms with Gasteiger partial charge in [0.25, 0.3) is 0 Å². The van der Waals surface area contributed by atoms with Crippen molar-refractivity contribution in [3.05, 3.63) is 42.2 Å². The molecular weight excluding hydrogens is 150 g/mol. The van der Waals surface area contributed by atoms with E-state index in [4.69, 9.17) is 0 Å². The summed E-state index contributed by atoms with van der Waals surface area (Å²) >= 11 is 0. The minimum Gasteiger partial charge on any atom is -0.324 e. The van der Waals surface area contributed by atoms with Crippen molar-refractivity contribution >= 4 is 11.3 Å². The Kier molecular flexibility index (Phi) is 1.47. The van der Waals surface area contributed by atoms with Crippen LogP contribution < -0.4 is 0 Å². The third-order valence-electron chi connectivity index (χ3n) is 1.94. The molecule has 0 aliphatic carbocycles. The van der Waals surface area contributed by atoms with Crippen molar-refractivity contribution < 1.29 is 4.79 Å². The third kappa shape index (κ3) is 1.01. The highest BCUT2D eigenvalue weighted by Gasteiger charge is 1.99. The maximum absolute atomic E-state index is 11.0. The van der Waals surface area contributed by atoms with E-state index in [0.29, 0.717) is 0 Å². The van der Waals surface area contributed by atoms with Crippen LogP contribution >= 0.6 is 0 Å². The number of pyridine rings is 1. The molecule has 0 bridgehead atoms. The molecule has 0 fully saturated rings. The Labute approximate surface area is 70.4 Å². The zero-order chi connectivity index (χ0) is 8.55. The zero-order valence-corrected chi connectivity index (χ0v) is 6.82. The van der Waals surface area contributed by atoms with Gasteiger partial charge in [-0.3, -0.25) is 4.79 Å². The van der Waals surface area contributed by atoms with E-state index < -0.39 is 0 Å². The smallest absolute Gasteiger partial charge is 0.159 e. The second kappa shape index (κ2) is 2.48. The topological polar surface area (TPSA) is 21.5 Å². The minimum absolute atomic E-state index is 0.110. The number of hydrogen-bond acceptors (Lipinski definition) is 1. The molecular formula is C10H9NO. The van der Waals surface area contributed by atoms with Gasteiger partial charge in [0.15, 0.2) is 5.78 Å². The van der Waals surface area contributed by atoms with Crippen LogP contribution in [0.3, 0.4) is 0 Å². The molecule has 60 valence electrons. The van der Waals surface area contributed by atoms with Crippen LogP contribution in [0.2, 0.25) is 0 Å². The molecule has 0 aliphatic heterocycles. The normalized spacial score (nSPS) is 10.4. The Morgan fingerprint density at radius 3 is 2.92 bits per heavy atom. The molecule has 0 N–H and O–H groups in total. The van der Waals surface area contributed by atoms with E-state index in [1.54, 1.807) is 6.92 Å². The summed E-state index contributed by atoms with van der Waals surface area (Å²) in [7, 11) is 0. The number of fused-ring (bicyclic) bond motifs is 1. The van der Waals surface area contributed by atoms with Gasteiger partial charge in [-0.15, -0.1) is 0 Å². The van der Waals surface area contributed by atoms with Gasteiger partial charge in [0.1, 0.15) is 0 Å². The van der Waals surface area contributed by atoms with Gasteiger partial charge in [-0.2, -0.15) is 0 Å². The Balaban J connectivity index is 2.68. The predicted molar refractivity (Wildman–Crippen MR) is 47.4 cm³/mol. The number of Topliss-reactive ketones (excluding diaryl/α,β-unsaturated/α-hetero) is 1. The standard InChI is InChI=1S/C10H9NO/c1-8(12)9-4-6-11-5-2-3-10(11)7-9/h2-7H,1H3. The second-order valence-electron chi connectivity index (χ2n) is 2.81. The van der Waals surface area contributed by atoms with Crippen molar-refractivity contribution in [2.75, 3.05) is 0 Å². The molecule has 0 spiro atoms. The summed E-state index contributed by atoms with van der Waals surface area (Å²) in [5.74, 6) is 0.110. The largest absolute Gasteiger partial charge is 0.324 e. The van der Waals surface area contributed by atoms with Gasteiger partial charge in [-0.05, 0) is 31.2 Å². The van der Waals surface area contributed by atoms with Crippen molar-refractivity contribution in [3.63, 3.8) is 0 Å². The molecule has 2 rings (SSSR count). The van der Waals surface area contributed by atoms with Gasteiger partial charge in [-0.1, -0.05) is 0 Å². The molecule has 2 aromatic heterocycles. The van der Waals surface area contributed by atoms with Crippen molar-refractivity contribution in [1.82, 2.24) is 4.40 Å². The van der Waals surface area contributed by atoms with Gasteiger partial charge in [0.2, 0.25) is 0 Å². The Morgan fingerprint density at radius 2 is 2.17 bits per heavy atom. The average Bonchev–Trinajstić information content (AvgIpc) is 2.49. The minimum atomic E-state index is 0.110. The molecule has 0 atom stereocenters. The number of ketones is 1. The number of aromatic nitrogens is 1. The van der Waals surface area contributed by atoms with E-state index in [1.165, 1.54) is 0 Å². The molecule has 0 saturated heterocycles. The molecule has 2 aromatic rings. The number of nitrogens with zero attached hydrogens (tertiary/aromatic N) is 1. The molecule has 2 heterocycles. The fourth-order valence-corrected chi connectivity index (χ4v) is 1.25. The number of rotatable bonds is 1. The first kappa shape index (κ1) is 7.10. The number of carbonyl (C=O) groups excluding carboxylic acids is 1. The first-order valence-electron chi connectivity index (χ1n) is 3.85. The molecule has 2 nitrogen and oxygen atoms in total. The van der Waals surface area contributed by atoms with Crippen LogP contribution in [0.4, 0.5) is 0 Å². The van der Waals surface area contributed by atoms with E-state index in [9.17, 15) is 4.79 Å². The fourth-order valence-electron chi connectivity index (χ4n) is 1.25. The van der Waals surface area contributed by atoms with Gasteiger partial charge in [0, 0.05) is 23.5 Å². The number of carbonyl (C=O) groups is 1. The van der Waals surface area contributed by atoms with E-state index in [-0.39, 0.29) is 5.78 Å². The first-order valence-corrected chi connectivity index (χ1v) is 3.85. The van der Waals surface area contributed by atoms with E-state index >= 15 is 0 Å². The lowest BCUT2D eigenvalue weighted by molar-refractivity contribution is 0.101. The molecule has 0 aromatic carbocycles. The Morgan fingerprint density at radius 1 is 1.33 bits per heavy atom. The fraction of sp³-hybridized carbons (Fsp3) is 0.100. The van der Waals surface area contributed by atoms with Gasteiger partial charge < -0.3 is 4.40 Å². The SMILES string of the molecule is CC(=O)c1ccn2cccc2c1.